The van der Waals surface area contributed by atoms with Gasteiger partial charge in [-0.05, 0) is 12.8 Å². The van der Waals surface area contributed by atoms with E-state index in [4.69, 9.17) is 9.29 Å². The van der Waals surface area contributed by atoms with Crippen LogP contribution in [0.5, 0.6) is 0 Å². The number of hydrogen-bond donors (Lipinski definition) is 2. The molecule has 0 aliphatic heterocycles. The summed E-state index contributed by atoms with van der Waals surface area (Å²) in [6.07, 6.45) is 4.48. The average Bonchev–Trinajstić information content (AvgIpc) is 2.44. The first-order valence-electron chi connectivity index (χ1n) is 7.72. The maximum Gasteiger partial charge on any atom is 0.327 e. The molecule has 8 heteroatoms. The number of ether oxygens (including phenoxy) is 1. The highest BCUT2D eigenvalue weighted by molar-refractivity contribution is 7.87. The number of nitrogens with one attached hydrogen (secondary N) is 1. The number of carbonyl (C=O) groups is 2. The van der Waals surface area contributed by atoms with Crippen LogP contribution in [0.15, 0.2) is 0 Å². The van der Waals surface area contributed by atoms with Crippen molar-refractivity contribution in [2.75, 3.05) is 13.2 Å². The third-order valence-electron chi connectivity index (χ3n) is 3.09. The van der Waals surface area contributed by atoms with Crippen molar-refractivity contribution >= 4 is 22.0 Å². The summed E-state index contributed by atoms with van der Waals surface area (Å²) in [7, 11) is -4.67. The van der Waals surface area contributed by atoms with Crippen molar-refractivity contribution in [1.29, 1.82) is 0 Å². The summed E-state index contributed by atoms with van der Waals surface area (Å²) < 4.78 is 36.4. The van der Waals surface area contributed by atoms with Crippen LogP contribution in [0.4, 0.5) is 0 Å². The van der Waals surface area contributed by atoms with Gasteiger partial charge in [0.05, 0.1) is 13.0 Å². The maximum atomic E-state index is 11.7. The summed E-state index contributed by atoms with van der Waals surface area (Å²) in [4.78, 5) is 23.4. The van der Waals surface area contributed by atoms with Gasteiger partial charge in [0.25, 0.3) is 10.1 Å². The minimum absolute atomic E-state index is 0.0802. The molecule has 22 heavy (non-hydrogen) atoms. The zero-order valence-corrected chi connectivity index (χ0v) is 14.2. The summed E-state index contributed by atoms with van der Waals surface area (Å²) in [6.45, 7) is 4.49. The van der Waals surface area contributed by atoms with Gasteiger partial charge in [-0.1, -0.05) is 39.5 Å². The van der Waals surface area contributed by atoms with Crippen molar-refractivity contribution in [3.8, 4) is 0 Å². The molecule has 7 nitrogen and oxygen atoms in total. The van der Waals surface area contributed by atoms with Crippen LogP contribution in [-0.4, -0.2) is 43.2 Å². The maximum absolute atomic E-state index is 11.7. The van der Waals surface area contributed by atoms with Crippen LogP contribution in [0.1, 0.15) is 58.8 Å². The molecule has 0 radical (unpaired) electrons. The standard InChI is InChI=1S/C14H27NO6S/c1-3-5-7-9-15-13(16)11-12(22(18,19)20)14(17)21-10-8-6-4-2/h12H,3-11H2,1-2H3,(H,15,16)(H,18,19,20). The third-order valence-corrected chi connectivity index (χ3v) is 4.17. The molecule has 0 heterocycles. The molecular weight excluding hydrogens is 310 g/mol. The van der Waals surface area contributed by atoms with Crippen LogP contribution in [0.2, 0.25) is 0 Å². The Labute approximate surface area is 132 Å². The van der Waals surface area contributed by atoms with Crippen LogP contribution in [0.3, 0.4) is 0 Å². The smallest absolute Gasteiger partial charge is 0.327 e. The lowest BCUT2D eigenvalue weighted by molar-refractivity contribution is -0.144. The van der Waals surface area contributed by atoms with Gasteiger partial charge in [-0.3, -0.25) is 14.1 Å². The van der Waals surface area contributed by atoms with Crippen LogP contribution >= 0.6 is 0 Å². The van der Waals surface area contributed by atoms with Gasteiger partial charge in [0.2, 0.25) is 5.91 Å². The lowest BCUT2D eigenvalue weighted by Gasteiger charge is -2.13. The second-order valence-electron chi connectivity index (χ2n) is 5.14. The third kappa shape index (κ3) is 9.73. The highest BCUT2D eigenvalue weighted by Crippen LogP contribution is 2.08. The first-order chi connectivity index (χ1) is 10.3. The first kappa shape index (κ1) is 20.9. The van der Waals surface area contributed by atoms with Crippen molar-refractivity contribution in [2.24, 2.45) is 0 Å². The van der Waals surface area contributed by atoms with E-state index in [-0.39, 0.29) is 6.61 Å². The van der Waals surface area contributed by atoms with Gasteiger partial charge >= 0.3 is 5.97 Å². The topological polar surface area (TPSA) is 110 Å². The quantitative estimate of drug-likeness (QED) is 0.318. The zero-order valence-electron chi connectivity index (χ0n) is 13.3. The minimum atomic E-state index is -4.67. The van der Waals surface area contributed by atoms with Gasteiger partial charge in [-0.25, -0.2) is 0 Å². The average molecular weight is 337 g/mol. The summed E-state index contributed by atoms with van der Waals surface area (Å²) in [5, 5.41) is 0.668. The Hall–Kier alpha value is -1.15. The van der Waals surface area contributed by atoms with Crippen LogP contribution < -0.4 is 5.32 Å². The van der Waals surface area contributed by atoms with E-state index >= 15 is 0 Å². The van der Waals surface area contributed by atoms with E-state index in [1.54, 1.807) is 0 Å². The lowest BCUT2D eigenvalue weighted by Crippen LogP contribution is -2.38. The normalized spacial score (nSPS) is 12.7. The number of esters is 1. The van der Waals surface area contributed by atoms with E-state index in [0.29, 0.717) is 13.0 Å². The molecular formula is C14H27NO6S. The summed E-state index contributed by atoms with van der Waals surface area (Å²) in [5.41, 5.74) is 0. The Bertz CT molecular complexity index is 435. The van der Waals surface area contributed by atoms with Crippen molar-refractivity contribution in [1.82, 2.24) is 5.32 Å². The number of amides is 1. The Morgan fingerprint density at radius 1 is 1.09 bits per heavy atom. The molecule has 0 aromatic heterocycles. The predicted octanol–water partition coefficient (Wildman–Crippen LogP) is 1.67. The van der Waals surface area contributed by atoms with Crippen LogP contribution in [0, 0.1) is 0 Å². The van der Waals surface area contributed by atoms with Gasteiger partial charge in [0.1, 0.15) is 0 Å². The van der Waals surface area contributed by atoms with E-state index in [9.17, 15) is 18.0 Å². The molecule has 0 saturated heterocycles. The highest BCUT2D eigenvalue weighted by atomic mass is 32.2. The Morgan fingerprint density at radius 2 is 1.68 bits per heavy atom. The van der Waals surface area contributed by atoms with Crippen LogP contribution in [-0.2, 0) is 24.4 Å². The molecule has 0 aliphatic carbocycles. The fraction of sp³-hybridized carbons (Fsp3) is 0.857. The van der Waals surface area contributed by atoms with Gasteiger partial charge in [-0.2, -0.15) is 8.42 Å². The van der Waals surface area contributed by atoms with Gasteiger partial charge < -0.3 is 10.1 Å². The van der Waals surface area contributed by atoms with Crippen molar-refractivity contribution in [3.05, 3.63) is 0 Å². The first-order valence-corrected chi connectivity index (χ1v) is 9.22. The number of unbranched alkanes of at least 4 members (excludes halogenated alkanes) is 4. The van der Waals surface area contributed by atoms with E-state index in [1.165, 1.54) is 0 Å². The molecule has 0 aromatic carbocycles. The lowest BCUT2D eigenvalue weighted by atomic mass is 10.2. The number of rotatable bonds is 12. The predicted molar refractivity (Wildman–Crippen MR) is 83.0 cm³/mol. The summed E-state index contributed by atoms with van der Waals surface area (Å²) >= 11 is 0. The zero-order chi connectivity index (χ0) is 17.0. The van der Waals surface area contributed by atoms with E-state index in [0.717, 1.165) is 32.1 Å². The van der Waals surface area contributed by atoms with E-state index in [1.807, 2.05) is 13.8 Å². The molecule has 0 fully saturated rings. The van der Waals surface area contributed by atoms with E-state index < -0.39 is 33.7 Å². The molecule has 130 valence electrons. The van der Waals surface area contributed by atoms with Crippen molar-refractivity contribution in [2.45, 2.75) is 64.0 Å². The fourth-order valence-electron chi connectivity index (χ4n) is 1.77. The SMILES string of the molecule is CCCCCNC(=O)CC(C(=O)OCCCCC)S(=O)(=O)O. The molecule has 2 N–H and O–H groups in total. The summed E-state index contributed by atoms with van der Waals surface area (Å²) in [6, 6.07) is 0. The monoisotopic (exact) mass is 337 g/mol. The molecule has 1 atom stereocenters. The Kier molecular flexibility index (Phi) is 10.8. The molecule has 0 aliphatic rings. The van der Waals surface area contributed by atoms with Crippen molar-refractivity contribution in [3.63, 3.8) is 0 Å². The molecule has 1 amide bonds. The molecule has 1 unspecified atom stereocenters. The summed E-state index contributed by atoms with van der Waals surface area (Å²) in [5.74, 6) is -1.67. The van der Waals surface area contributed by atoms with Gasteiger partial charge in [0, 0.05) is 6.54 Å². The number of hydrogen-bond acceptors (Lipinski definition) is 5. The Morgan fingerprint density at radius 3 is 2.23 bits per heavy atom. The highest BCUT2D eigenvalue weighted by Gasteiger charge is 2.34. The second-order valence-corrected chi connectivity index (χ2v) is 6.74. The molecule has 0 spiro atoms. The second kappa shape index (κ2) is 11.4. The minimum Gasteiger partial charge on any atom is -0.465 e. The van der Waals surface area contributed by atoms with Gasteiger partial charge in [-0.15, -0.1) is 0 Å². The largest absolute Gasteiger partial charge is 0.465 e. The molecule has 0 bridgehead atoms. The van der Waals surface area contributed by atoms with Gasteiger partial charge in [0.15, 0.2) is 5.25 Å². The molecule has 0 saturated carbocycles. The fourth-order valence-corrected chi connectivity index (χ4v) is 2.44. The Balaban J connectivity index is 4.40. The van der Waals surface area contributed by atoms with E-state index in [2.05, 4.69) is 5.32 Å². The molecule has 0 aromatic rings. The van der Waals surface area contributed by atoms with Crippen LogP contribution in [0.25, 0.3) is 0 Å². The molecule has 0 rings (SSSR count). The number of carbonyl (C=O) groups excluding carboxylic acids is 2. The van der Waals surface area contributed by atoms with Crippen molar-refractivity contribution < 1.29 is 27.3 Å².